The van der Waals surface area contributed by atoms with E-state index >= 15 is 0 Å². The van der Waals surface area contributed by atoms with Gasteiger partial charge in [0.2, 0.25) is 5.52 Å². The van der Waals surface area contributed by atoms with Gasteiger partial charge in [0.15, 0.2) is 6.20 Å². The number of rotatable bonds is 2. The zero-order chi connectivity index (χ0) is 15.6. The highest BCUT2D eigenvalue weighted by Gasteiger charge is 2.09. The van der Waals surface area contributed by atoms with Crippen molar-refractivity contribution in [2.24, 2.45) is 17.3 Å². The summed E-state index contributed by atoms with van der Waals surface area (Å²) in [6, 6.07) is 24.5. The summed E-state index contributed by atoms with van der Waals surface area (Å²) < 4.78 is 2.09. The predicted octanol–water partition coefficient (Wildman–Crippen LogP) is 5.18. The summed E-state index contributed by atoms with van der Waals surface area (Å²) in [5.74, 6) is 0. The van der Waals surface area contributed by atoms with Crippen molar-refractivity contribution >= 4 is 22.3 Å². The van der Waals surface area contributed by atoms with Crippen LogP contribution in [-0.4, -0.2) is 0 Å². The van der Waals surface area contributed by atoms with E-state index < -0.39 is 0 Å². The number of pyridine rings is 1. The summed E-state index contributed by atoms with van der Waals surface area (Å²) in [5.41, 5.74) is 5.21. The molecule has 0 radical (unpaired) electrons. The highest BCUT2D eigenvalue weighted by atomic mass is 15.1. The fraction of sp³-hybridized carbons (Fsp3) is 0.0500. The van der Waals surface area contributed by atoms with Crippen molar-refractivity contribution in [2.75, 3.05) is 0 Å². The van der Waals surface area contributed by atoms with Crippen molar-refractivity contribution in [3.05, 3.63) is 79.0 Å². The molecule has 0 aliphatic heterocycles. The molecule has 1 heterocycles. The monoisotopic (exact) mass is 298 g/mol. The molecule has 0 fully saturated rings. The van der Waals surface area contributed by atoms with Gasteiger partial charge in [-0.2, -0.15) is 0 Å². The summed E-state index contributed by atoms with van der Waals surface area (Å²) in [4.78, 5) is 0. The van der Waals surface area contributed by atoms with Gasteiger partial charge >= 0.3 is 0 Å². The topological polar surface area (TPSA) is 28.6 Å². The van der Waals surface area contributed by atoms with Gasteiger partial charge in [-0.15, -0.1) is 10.2 Å². The van der Waals surface area contributed by atoms with Gasteiger partial charge in [-0.1, -0.05) is 42.5 Å². The van der Waals surface area contributed by atoms with Crippen LogP contribution in [0.25, 0.3) is 22.0 Å². The predicted molar refractivity (Wildman–Crippen MR) is 92.4 cm³/mol. The first-order chi connectivity index (χ1) is 11.3. The molecule has 0 spiro atoms. The smallest absolute Gasteiger partial charge is 0.201 e. The van der Waals surface area contributed by atoms with Crippen molar-refractivity contribution < 1.29 is 4.57 Å². The first-order valence-corrected chi connectivity index (χ1v) is 7.60. The number of fused-ring (bicyclic) bond motifs is 2. The minimum Gasteiger partial charge on any atom is -0.201 e. The van der Waals surface area contributed by atoms with Crippen molar-refractivity contribution in [1.29, 1.82) is 0 Å². The highest BCUT2D eigenvalue weighted by molar-refractivity contribution is 5.87. The Bertz CT molecular complexity index is 989. The summed E-state index contributed by atoms with van der Waals surface area (Å²) in [7, 11) is 2.04. The summed E-state index contributed by atoms with van der Waals surface area (Å²) in [6.45, 7) is 0. The molecule has 3 heteroatoms. The summed E-state index contributed by atoms with van der Waals surface area (Å²) in [6.07, 6.45) is 2.04. The molecular weight excluding hydrogens is 282 g/mol. The number of nitrogens with zero attached hydrogens (tertiary/aromatic N) is 3. The van der Waals surface area contributed by atoms with Crippen LogP contribution in [0.4, 0.5) is 11.4 Å². The Hall–Kier alpha value is -3.07. The number of hydrogen-bond donors (Lipinski definition) is 0. The fourth-order valence-corrected chi connectivity index (χ4v) is 2.85. The molecule has 2 aliphatic carbocycles. The van der Waals surface area contributed by atoms with Crippen molar-refractivity contribution in [3.8, 4) is 11.1 Å². The Labute approximate surface area is 134 Å². The summed E-state index contributed by atoms with van der Waals surface area (Å²) >= 11 is 0. The number of benzene rings is 1. The molecule has 110 valence electrons. The quantitative estimate of drug-likeness (QED) is 0.360. The average molecular weight is 298 g/mol. The minimum absolute atomic E-state index is 0.883. The second-order valence-corrected chi connectivity index (χ2v) is 5.53. The molecule has 2 aromatic rings. The Morgan fingerprint density at radius 2 is 1.57 bits per heavy atom. The van der Waals surface area contributed by atoms with Crippen LogP contribution in [0.5, 0.6) is 0 Å². The molecule has 3 nitrogen and oxygen atoms in total. The summed E-state index contributed by atoms with van der Waals surface area (Å²) in [5, 5.41) is 10.1. The molecule has 0 N–H and O–H groups in total. The number of aryl methyl sites for hydroxylation is 1. The first-order valence-electron chi connectivity index (χ1n) is 7.60. The van der Waals surface area contributed by atoms with Gasteiger partial charge in [0.25, 0.3) is 0 Å². The maximum atomic E-state index is 4.50. The average Bonchev–Trinajstić information content (AvgIpc) is 2.80. The van der Waals surface area contributed by atoms with Crippen LogP contribution in [0.2, 0.25) is 0 Å². The van der Waals surface area contributed by atoms with Crippen molar-refractivity contribution in [3.63, 3.8) is 0 Å². The van der Waals surface area contributed by atoms with Crippen molar-refractivity contribution in [1.82, 2.24) is 0 Å². The van der Waals surface area contributed by atoms with E-state index in [0.29, 0.717) is 0 Å². The van der Waals surface area contributed by atoms with Gasteiger partial charge in [0.05, 0.1) is 16.8 Å². The van der Waals surface area contributed by atoms with E-state index in [-0.39, 0.29) is 0 Å². The standard InChI is InChI=1S/C20H16N3/c1-23-14-6-9-17-18(10-5-11-20(17)23)21-22-19-13-12-15-7-3-2-4-8-16(15)19/h2-14H,1H3/q+1. The molecule has 0 saturated heterocycles. The third-order valence-corrected chi connectivity index (χ3v) is 4.05. The van der Waals surface area contributed by atoms with Gasteiger partial charge in [0, 0.05) is 17.7 Å². The van der Waals surface area contributed by atoms with Crippen LogP contribution in [0.15, 0.2) is 89.2 Å². The zero-order valence-electron chi connectivity index (χ0n) is 12.8. The van der Waals surface area contributed by atoms with E-state index in [1.54, 1.807) is 0 Å². The third kappa shape index (κ3) is 2.46. The van der Waals surface area contributed by atoms with E-state index in [1.165, 1.54) is 5.56 Å². The Kier molecular flexibility index (Phi) is 3.31. The molecular formula is C20H16N3+. The van der Waals surface area contributed by atoms with Crippen LogP contribution in [0.1, 0.15) is 0 Å². The Morgan fingerprint density at radius 3 is 2.52 bits per heavy atom. The highest BCUT2D eigenvalue weighted by Crippen LogP contribution is 2.35. The number of hydrogen-bond acceptors (Lipinski definition) is 2. The van der Waals surface area contributed by atoms with Crippen LogP contribution < -0.4 is 4.57 Å². The molecule has 1 aromatic heterocycles. The first kappa shape index (κ1) is 13.6. The largest absolute Gasteiger partial charge is 0.214 e. The molecule has 0 amide bonds. The molecule has 1 aromatic carbocycles. The second kappa shape index (κ2) is 5.61. The molecule has 4 rings (SSSR count). The fourth-order valence-electron chi connectivity index (χ4n) is 2.85. The molecule has 0 bridgehead atoms. The lowest BCUT2D eigenvalue weighted by atomic mass is 10.2. The second-order valence-electron chi connectivity index (χ2n) is 5.53. The Balaban J connectivity index is 1.79. The van der Waals surface area contributed by atoms with E-state index in [9.17, 15) is 0 Å². The van der Waals surface area contributed by atoms with E-state index in [4.69, 9.17) is 0 Å². The van der Waals surface area contributed by atoms with Crippen LogP contribution in [-0.2, 0) is 7.05 Å². The molecule has 0 atom stereocenters. The SMILES string of the molecule is C[n+]1cccc2c(N=Nc3ccc4cccccc3-4)cccc21. The van der Waals surface area contributed by atoms with Crippen LogP contribution in [0.3, 0.4) is 0 Å². The van der Waals surface area contributed by atoms with Gasteiger partial charge in [-0.3, -0.25) is 0 Å². The Morgan fingerprint density at radius 1 is 0.696 bits per heavy atom. The van der Waals surface area contributed by atoms with Crippen LogP contribution >= 0.6 is 0 Å². The number of aromatic nitrogens is 1. The van der Waals surface area contributed by atoms with Gasteiger partial charge in [-0.25, -0.2) is 4.57 Å². The lowest BCUT2D eigenvalue weighted by molar-refractivity contribution is -0.644. The van der Waals surface area contributed by atoms with Gasteiger partial charge < -0.3 is 0 Å². The zero-order valence-corrected chi connectivity index (χ0v) is 12.8. The minimum atomic E-state index is 0.883. The normalized spacial score (nSPS) is 11.5. The lowest BCUT2D eigenvalue weighted by Gasteiger charge is -1.99. The maximum absolute atomic E-state index is 4.50. The van der Waals surface area contributed by atoms with Gasteiger partial charge in [-0.05, 0) is 23.8 Å². The van der Waals surface area contributed by atoms with E-state index in [0.717, 1.165) is 27.8 Å². The van der Waals surface area contributed by atoms with Gasteiger partial charge in [0.1, 0.15) is 7.05 Å². The van der Waals surface area contributed by atoms with E-state index in [1.807, 2.05) is 55.7 Å². The third-order valence-electron chi connectivity index (χ3n) is 4.05. The maximum Gasteiger partial charge on any atom is 0.214 e. The van der Waals surface area contributed by atoms with E-state index in [2.05, 4.69) is 45.1 Å². The molecule has 2 aliphatic rings. The number of azo groups is 1. The molecule has 0 saturated carbocycles. The molecule has 23 heavy (non-hydrogen) atoms. The van der Waals surface area contributed by atoms with Crippen molar-refractivity contribution in [2.45, 2.75) is 0 Å². The lowest BCUT2D eigenvalue weighted by Crippen LogP contribution is -2.27. The molecule has 0 unspecified atom stereocenters. The van der Waals surface area contributed by atoms with Crippen LogP contribution in [0, 0.1) is 0 Å².